The zero-order valence-electron chi connectivity index (χ0n) is 14.5. The Hall–Kier alpha value is -1.27. The Bertz CT molecular complexity index is 772. The van der Waals surface area contributed by atoms with Crippen LogP contribution in [-0.2, 0) is 17.9 Å². The van der Waals surface area contributed by atoms with E-state index in [4.69, 9.17) is 34.8 Å². The van der Waals surface area contributed by atoms with Gasteiger partial charge in [0.05, 0.1) is 33.7 Å². The predicted octanol–water partition coefficient (Wildman–Crippen LogP) is 3.82. The maximum atomic E-state index is 12.7. The van der Waals surface area contributed by atoms with Crippen molar-refractivity contribution in [2.45, 2.75) is 20.0 Å². The standard InChI is InChI=1S/C18H21Cl3N4O/c1-13(10-25-12-15(19)9-22-25)18(26)24-6-4-23(5-7-24)11-14-2-3-16(20)17(21)8-14/h2-3,8-9,12-13H,4-7,10-11H2,1H3. The number of hydrogen-bond donors (Lipinski definition) is 0. The number of amides is 1. The summed E-state index contributed by atoms with van der Waals surface area (Å²) in [5.41, 5.74) is 1.13. The van der Waals surface area contributed by atoms with E-state index in [1.807, 2.05) is 30.0 Å². The van der Waals surface area contributed by atoms with E-state index in [2.05, 4.69) is 10.00 Å². The van der Waals surface area contributed by atoms with Gasteiger partial charge in [-0.1, -0.05) is 47.8 Å². The molecular formula is C18H21Cl3N4O. The van der Waals surface area contributed by atoms with Crippen molar-refractivity contribution in [1.29, 1.82) is 0 Å². The fraction of sp³-hybridized carbons (Fsp3) is 0.444. The quantitative estimate of drug-likeness (QED) is 0.745. The third kappa shape index (κ3) is 4.92. The summed E-state index contributed by atoms with van der Waals surface area (Å²) in [7, 11) is 0. The minimum atomic E-state index is -0.132. The van der Waals surface area contributed by atoms with E-state index < -0.39 is 0 Å². The van der Waals surface area contributed by atoms with E-state index in [1.54, 1.807) is 17.1 Å². The molecule has 0 saturated carbocycles. The Labute approximate surface area is 168 Å². The van der Waals surface area contributed by atoms with Crippen LogP contribution in [0.15, 0.2) is 30.6 Å². The van der Waals surface area contributed by atoms with Crippen LogP contribution in [0.3, 0.4) is 0 Å². The maximum Gasteiger partial charge on any atom is 0.227 e. The monoisotopic (exact) mass is 414 g/mol. The van der Waals surface area contributed by atoms with Gasteiger partial charge < -0.3 is 4.90 Å². The number of carbonyl (C=O) groups is 1. The molecule has 1 aromatic heterocycles. The topological polar surface area (TPSA) is 41.4 Å². The first-order chi connectivity index (χ1) is 12.4. The van der Waals surface area contributed by atoms with Crippen molar-refractivity contribution >= 4 is 40.7 Å². The average molecular weight is 416 g/mol. The normalized spacial score (nSPS) is 16.7. The lowest BCUT2D eigenvalue weighted by Crippen LogP contribution is -2.50. The highest BCUT2D eigenvalue weighted by Gasteiger charge is 2.25. The highest BCUT2D eigenvalue weighted by atomic mass is 35.5. The third-order valence-corrected chi connectivity index (χ3v) is 5.49. The molecule has 1 aliphatic rings. The first-order valence-corrected chi connectivity index (χ1v) is 9.69. The van der Waals surface area contributed by atoms with Gasteiger partial charge in [-0.2, -0.15) is 5.10 Å². The second kappa shape index (κ2) is 8.61. The number of carbonyl (C=O) groups excluding carboxylic acids is 1. The van der Waals surface area contributed by atoms with E-state index in [-0.39, 0.29) is 11.8 Å². The molecule has 0 bridgehead atoms. The molecular weight excluding hydrogens is 395 g/mol. The number of rotatable bonds is 5. The smallest absolute Gasteiger partial charge is 0.227 e. The lowest BCUT2D eigenvalue weighted by Gasteiger charge is -2.36. The molecule has 0 N–H and O–H groups in total. The third-order valence-electron chi connectivity index (χ3n) is 4.56. The zero-order valence-corrected chi connectivity index (χ0v) is 16.8. The lowest BCUT2D eigenvalue weighted by atomic mass is 10.1. The first kappa shape index (κ1) is 19.5. The number of nitrogens with zero attached hydrogens (tertiary/aromatic N) is 4. The van der Waals surface area contributed by atoms with Crippen LogP contribution in [0.5, 0.6) is 0 Å². The molecule has 3 rings (SSSR count). The van der Waals surface area contributed by atoms with Crippen LogP contribution < -0.4 is 0 Å². The molecule has 1 saturated heterocycles. The summed E-state index contributed by atoms with van der Waals surface area (Å²) in [6.07, 6.45) is 3.32. The molecule has 1 unspecified atom stereocenters. The van der Waals surface area contributed by atoms with Gasteiger partial charge in [-0.3, -0.25) is 14.4 Å². The summed E-state index contributed by atoms with van der Waals surface area (Å²) in [6.45, 7) is 6.41. The number of hydrogen-bond acceptors (Lipinski definition) is 3. The van der Waals surface area contributed by atoms with Crippen molar-refractivity contribution < 1.29 is 4.79 Å². The average Bonchev–Trinajstić information content (AvgIpc) is 3.03. The van der Waals surface area contributed by atoms with Crippen LogP contribution in [0.1, 0.15) is 12.5 Å². The number of halogens is 3. The van der Waals surface area contributed by atoms with Gasteiger partial charge >= 0.3 is 0 Å². The van der Waals surface area contributed by atoms with E-state index in [1.165, 1.54) is 0 Å². The van der Waals surface area contributed by atoms with Gasteiger partial charge in [0.15, 0.2) is 0 Å². The van der Waals surface area contributed by atoms with Crippen LogP contribution >= 0.6 is 34.8 Å². The van der Waals surface area contributed by atoms with Gasteiger partial charge in [-0.05, 0) is 17.7 Å². The molecule has 0 aliphatic carbocycles. The van der Waals surface area contributed by atoms with Crippen molar-refractivity contribution in [3.8, 4) is 0 Å². The van der Waals surface area contributed by atoms with Crippen molar-refractivity contribution in [3.05, 3.63) is 51.2 Å². The molecule has 1 fully saturated rings. The molecule has 0 radical (unpaired) electrons. The van der Waals surface area contributed by atoms with Crippen LogP contribution in [0, 0.1) is 5.92 Å². The van der Waals surface area contributed by atoms with Gasteiger partial charge in [0, 0.05) is 38.9 Å². The van der Waals surface area contributed by atoms with Gasteiger partial charge in [-0.25, -0.2) is 0 Å². The van der Waals surface area contributed by atoms with E-state index in [0.717, 1.165) is 38.3 Å². The summed E-state index contributed by atoms with van der Waals surface area (Å²) >= 11 is 17.9. The molecule has 26 heavy (non-hydrogen) atoms. The molecule has 1 amide bonds. The first-order valence-electron chi connectivity index (χ1n) is 8.55. The fourth-order valence-electron chi connectivity index (χ4n) is 3.13. The van der Waals surface area contributed by atoms with Crippen molar-refractivity contribution in [3.63, 3.8) is 0 Å². The molecule has 0 spiro atoms. The Balaban J connectivity index is 1.49. The summed E-state index contributed by atoms with van der Waals surface area (Å²) in [4.78, 5) is 16.9. The Morgan fingerprint density at radius 2 is 1.88 bits per heavy atom. The Morgan fingerprint density at radius 1 is 1.15 bits per heavy atom. The van der Waals surface area contributed by atoms with Crippen LogP contribution in [-0.4, -0.2) is 51.7 Å². The molecule has 2 heterocycles. The number of piperazine rings is 1. The lowest BCUT2D eigenvalue weighted by molar-refractivity contribution is -0.137. The summed E-state index contributed by atoms with van der Waals surface area (Å²) in [5.74, 6) is 0.0263. The van der Waals surface area contributed by atoms with Crippen LogP contribution in [0.4, 0.5) is 0 Å². The van der Waals surface area contributed by atoms with Crippen LogP contribution in [0.25, 0.3) is 0 Å². The molecule has 140 valence electrons. The van der Waals surface area contributed by atoms with Crippen molar-refractivity contribution in [2.75, 3.05) is 26.2 Å². The second-order valence-electron chi connectivity index (χ2n) is 6.63. The highest BCUT2D eigenvalue weighted by Crippen LogP contribution is 2.23. The Kier molecular flexibility index (Phi) is 6.46. The van der Waals surface area contributed by atoms with Crippen molar-refractivity contribution in [1.82, 2.24) is 19.6 Å². The summed E-state index contributed by atoms with van der Waals surface area (Å²) in [6, 6.07) is 5.71. The SMILES string of the molecule is CC(Cn1cc(Cl)cn1)C(=O)N1CCN(Cc2ccc(Cl)c(Cl)c2)CC1. The van der Waals surface area contributed by atoms with Crippen LogP contribution in [0.2, 0.25) is 15.1 Å². The van der Waals surface area contributed by atoms with E-state index >= 15 is 0 Å². The minimum absolute atomic E-state index is 0.132. The largest absolute Gasteiger partial charge is 0.340 e. The van der Waals surface area contributed by atoms with E-state index in [0.29, 0.717) is 21.6 Å². The molecule has 1 aliphatic heterocycles. The minimum Gasteiger partial charge on any atom is -0.340 e. The van der Waals surface area contributed by atoms with Gasteiger partial charge in [0.25, 0.3) is 0 Å². The molecule has 5 nitrogen and oxygen atoms in total. The van der Waals surface area contributed by atoms with E-state index in [9.17, 15) is 4.79 Å². The Morgan fingerprint density at radius 3 is 2.50 bits per heavy atom. The number of benzene rings is 1. The zero-order chi connectivity index (χ0) is 18.7. The maximum absolute atomic E-state index is 12.7. The molecule has 2 aromatic rings. The number of aromatic nitrogens is 2. The molecule has 1 aromatic carbocycles. The highest BCUT2D eigenvalue weighted by molar-refractivity contribution is 6.42. The van der Waals surface area contributed by atoms with Gasteiger partial charge in [-0.15, -0.1) is 0 Å². The molecule has 8 heteroatoms. The van der Waals surface area contributed by atoms with Gasteiger partial charge in [0.2, 0.25) is 5.91 Å². The predicted molar refractivity (Wildman–Crippen MR) is 105 cm³/mol. The second-order valence-corrected chi connectivity index (χ2v) is 7.88. The van der Waals surface area contributed by atoms with Gasteiger partial charge in [0.1, 0.15) is 0 Å². The fourth-order valence-corrected chi connectivity index (χ4v) is 3.61. The van der Waals surface area contributed by atoms with Crippen molar-refractivity contribution in [2.24, 2.45) is 5.92 Å². The summed E-state index contributed by atoms with van der Waals surface area (Å²) in [5, 5.41) is 5.87. The molecule has 1 atom stereocenters. The summed E-state index contributed by atoms with van der Waals surface area (Å²) < 4.78 is 1.71.